The van der Waals surface area contributed by atoms with Gasteiger partial charge in [0.25, 0.3) is 0 Å². The second-order valence-electron chi connectivity index (χ2n) is 6.24. The lowest BCUT2D eigenvalue weighted by Crippen LogP contribution is -2.21. The average Bonchev–Trinajstić information content (AvgIpc) is 3.11. The summed E-state index contributed by atoms with van der Waals surface area (Å²) in [7, 11) is 0. The molecular weight excluding hydrogens is 246 g/mol. The molecule has 0 spiro atoms. The molecule has 20 heavy (non-hydrogen) atoms. The van der Waals surface area contributed by atoms with E-state index < -0.39 is 0 Å². The normalized spacial score (nSPS) is 19.9. The number of nitrogen functional groups attached to an aromatic ring is 1. The molecule has 3 nitrogen and oxygen atoms in total. The van der Waals surface area contributed by atoms with Crippen LogP contribution in [0.2, 0.25) is 0 Å². The first-order valence-electron chi connectivity index (χ1n) is 8.19. The maximum absolute atomic E-state index is 6.24. The van der Waals surface area contributed by atoms with Crippen molar-refractivity contribution in [2.24, 2.45) is 0 Å². The number of aryl methyl sites for hydroxylation is 1. The molecule has 0 aromatic heterocycles. The lowest BCUT2D eigenvalue weighted by molar-refractivity contribution is 0.334. The third-order valence-corrected chi connectivity index (χ3v) is 4.68. The smallest absolute Gasteiger partial charge is 0.0600 e. The van der Waals surface area contributed by atoms with Gasteiger partial charge in [0.05, 0.1) is 11.4 Å². The topological polar surface area (TPSA) is 32.5 Å². The zero-order valence-corrected chi connectivity index (χ0v) is 12.5. The molecule has 0 radical (unpaired) electrons. The maximum atomic E-state index is 6.24. The van der Waals surface area contributed by atoms with Crippen molar-refractivity contribution in [3.05, 3.63) is 23.8 Å². The van der Waals surface area contributed by atoms with Gasteiger partial charge < -0.3 is 15.5 Å². The number of hydrogen-bond acceptors (Lipinski definition) is 3. The summed E-state index contributed by atoms with van der Waals surface area (Å²) in [5.74, 6) is 0. The molecule has 1 aromatic carbocycles. The van der Waals surface area contributed by atoms with Crippen LogP contribution in [0.5, 0.6) is 0 Å². The highest BCUT2D eigenvalue weighted by atomic mass is 15.2. The molecule has 2 saturated heterocycles. The highest BCUT2D eigenvalue weighted by molar-refractivity contribution is 5.68. The van der Waals surface area contributed by atoms with Crippen molar-refractivity contribution >= 4 is 11.4 Å². The first-order valence-corrected chi connectivity index (χ1v) is 8.19. The van der Waals surface area contributed by atoms with Gasteiger partial charge in [-0.1, -0.05) is 6.07 Å². The van der Waals surface area contributed by atoms with Crippen molar-refractivity contribution in [1.82, 2.24) is 4.90 Å². The van der Waals surface area contributed by atoms with Crippen molar-refractivity contribution in [3.63, 3.8) is 0 Å². The molecule has 2 fully saturated rings. The highest BCUT2D eigenvalue weighted by Gasteiger charge is 2.15. The van der Waals surface area contributed by atoms with Gasteiger partial charge in [-0.25, -0.2) is 0 Å². The number of anilines is 2. The molecule has 0 saturated carbocycles. The third kappa shape index (κ3) is 3.26. The van der Waals surface area contributed by atoms with Crippen molar-refractivity contribution < 1.29 is 0 Å². The lowest BCUT2D eigenvalue weighted by Gasteiger charge is -2.20. The van der Waals surface area contributed by atoms with Crippen molar-refractivity contribution in [3.8, 4) is 0 Å². The fraction of sp³-hybridized carbons (Fsp3) is 0.647. The van der Waals surface area contributed by atoms with E-state index in [1.807, 2.05) is 0 Å². The first kappa shape index (κ1) is 13.7. The quantitative estimate of drug-likeness (QED) is 0.837. The fourth-order valence-corrected chi connectivity index (χ4v) is 3.52. The number of nitrogens with two attached hydrogens (primary N) is 1. The number of benzene rings is 1. The summed E-state index contributed by atoms with van der Waals surface area (Å²) in [5, 5.41) is 0. The van der Waals surface area contributed by atoms with Crippen molar-refractivity contribution in [2.75, 3.05) is 43.4 Å². The molecule has 3 heteroatoms. The Morgan fingerprint density at radius 3 is 2.35 bits per heavy atom. The zero-order chi connectivity index (χ0) is 13.8. The largest absolute Gasteiger partial charge is 0.397 e. The van der Waals surface area contributed by atoms with E-state index in [-0.39, 0.29) is 0 Å². The Morgan fingerprint density at radius 1 is 0.950 bits per heavy atom. The Kier molecular flexibility index (Phi) is 4.46. The highest BCUT2D eigenvalue weighted by Crippen LogP contribution is 2.28. The van der Waals surface area contributed by atoms with Crippen LogP contribution >= 0.6 is 0 Å². The van der Waals surface area contributed by atoms with Crippen LogP contribution in [0.3, 0.4) is 0 Å². The standard InChI is InChI=1S/C17H27N3/c18-16-14-15(6-5-11-19-9-1-2-10-19)7-8-17(16)20-12-3-4-13-20/h7-8,14H,1-6,9-13,18H2. The second-order valence-corrected chi connectivity index (χ2v) is 6.24. The van der Waals surface area contributed by atoms with E-state index in [2.05, 4.69) is 28.0 Å². The van der Waals surface area contributed by atoms with Crippen molar-refractivity contribution in [1.29, 1.82) is 0 Å². The minimum Gasteiger partial charge on any atom is -0.397 e. The van der Waals surface area contributed by atoms with E-state index in [0.29, 0.717) is 0 Å². The molecule has 2 heterocycles. The maximum Gasteiger partial charge on any atom is 0.0600 e. The zero-order valence-electron chi connectivity index (χ0n) is 12.5. The Balaban J connectivity index is 1.53. The molecule has 2 aliphatic rings. The average molecular weight is 273 g/mol. The van der Waals surface area contributed by atoms with Crippen LogP contribution in [0.15, 0.2) is 18.2 Å². The molecule has 0 aliphatic carbocycles. The van der Waals surface area contributed by atoms with Gasteiger partial charge in [0, 0.05) is 13.1 Å². The Morgan fingerprint density at radius 2 is 1.65 bits per heavy atom. The van der Waals surface area contributed by atoms with Crippen LogP contribution in [0.1, 0.15) is 37.7 Å². The monoisotopic (exact) mass is 273 g/mol. The van der Waals surface area contributed by atoms with Crippen LogP contribution in [0.25, 0.3) is 0 Å². The summed E-state index contributed by atoms with van der Waals surface area (Å²) in [6, 6.07) is 6.69. The van der Waals surface area contributed by atoms with Gasteiger partial charge >= 0.3 is 0 Å². The van der Waals surface area contributed by atoms with Gasteiger partial charge in [0.2, 0.25) is 0 Å². The molecule has 0 amide bonds. The van der Waals surface area contributed by atoms with E-state index in [0.717, 1.165) is 12.1 Å². The summed E-state index contributed by atoms with van der Waals surface area (Å²) in [4.78, 5) is 5.01. The molecule has 2 N–H and O–H groups in total. The van der Waals surface area contributed by atoms with Crippen LogP contribution in [-0.4, -0.2) is 37.6 Å². The van der Waals surface area contributed by atoms with Gasteiger partial charge in [0.1, 0.15) is 0 Å². The van der Waals surface area contributed by atoms with Crippen LogP contribution in [-0.2, 0) is 6.42 Å². The lowest BCUT2D eigenvalue weighted by atomic mass is 10.1. The van der Waals surface area contributed by atoms with Crippen molar-refractivity contribution in [2.45, 2.75) is 38.5 Å². The first-order chi connectivity index (χ1) is 9.83. The minimum absolute atomic E-state index is 0.963. The second kappa shape index (κ2) is 6.49. The Labute approximate surface area is 122 Å². The summed E-state index contributed by atoms with van der Waals surface area (Å²) >= 11 is 0. The summed E-state index contributed by atoms with van der Waals surface area (Å²) in [6.45, 7) is 6.18. The summed E-state index contributed by atoms with van der Waals surface area (Å²) < 4.78 is 0. The van der Waals surface area contributed by atoms with Gasteiger partial charge in [-0.3, -0.25) is 0 Å². The molecule has 110 valence electrons. The number of hydrogen-bond donors (Lipinski definition) is 1. The van der Waals surface area contributed by atoms with E-state index in [1.54, 1.807) is 0 Å². The molecule has 0 atom stereocenters. The molecule has 2 aliphatic heterocycles. The van der Waals surface area contributed by atoms with E-state index in [1.165, 1.54) is 76.1 Å². The number of nitrogens with zero attached hydrogens (tertiary/aromatic N) is 2. The van der Waals surface area contributed by atoms with Crippen LogP contribution in [0, 0.1) is 0 Å². The molecule has 0 bridgehead atoms. The molecular formula is C17H27N3. The van der Waals surface area contributed by atoms with Crippen LogP contribution in [0.4, 0.5) is 11.4 Å². The SMILES string of the molecule is Nc1cc(CCCN2CCCC2)ccc1N1CCCC1. The Bertz CT molecular complexity index is 432. The number of rotatable bonds is 5. The fourth-order valence-electron chi connectivity index (χ4n) is 3.52. The molecule has 3 rings (SSSR count). The predicted octanol–water partition coefficient (Wildman–Crippen LogP) is 2.90. The number of likely N-dealkylation sites (tertiary alicyclic amines) is 1. The minimum atomic E-state index is 0.963. The van der Waals surface area contributed by atoms with Gasteiger partial charge in [-0.2, -0.15) is 0 Å². The molecule has 0 unspecified atom stereocenters. The van der Waals surface area contributed by atoms with Gasteiger partial charge in [-0.05, 0) is 75.9 Å². The summed E-state index contributed by atoms with van der Waals surface area (Å²) in [5.41, 5.74) is 9.84. The van der Waals surface area contributed by atoms with E-state index in [9.17, 15) is 0 Å². The summed E-state index contributed by atoms with van der Waals surface area (Å²) in [6.07, 6.45) is 7.78. The Hall–Kier alpha value is -1.22. The van der Waals surface area contributed by atoms with Crippen LogP contribution < -0.4 is 10.6 Å². The van der Waals surface area contributed by atoms with E-state index >= 15 is 0 Å². The van der Waals surface area contributed by atoms with Gasteiger partial charge in [-0.15, -0.1) is 0 Å². The van der Waals surface area contributed by atoms with E-state index in [4.69, 9.17) is 5.73 Å². The molecule has 1 aromatic rings. The third-order valence-electron chi connectivity index (χ3n) is 4.68. The van der Waals surface area contributed by atoms with Gasteiger partial charge in [0.15, 0.2) is 0 Å². The predicted molar refractivity (Wildman–Crippen MR) is 86.3 cm³/mol.